The normalized spacial score (nSPS) is 12.1. The molecular formula is C27H26N6O4S. The van der Waals surface area contributed by atoms with E-state index in [1.807, 2.05) is 51.1 Å². The second-order valence-corrected chi connectivity index (χ2v) is 11.9. The van der Waals surface area contributed by atoms with E-state index in [9.17, 15) is 13.2 Å². The predicted molar refractivity (Wildman–Crippen MR) is 142 cm³/mol. The van der Waals surface area contributed by atoms with E-state index >= 15 is 0 Å². The summed E-state index contributed by atoms with van der Waals surface area (Å²) >= 11 is 0. The van der Waals surface area contributed by atoms with Crippen molar-refractivity contribution in [3.05, 3.63) is 78.1 Å². The van der Waals surface area contributed by atoms with Crippen LogP contribution in [0.4, 0.5) is 0 Å². The summed E-state index contributed by atoms with van der Waals surface area (Å²) in [6.45, 7) is 5.67. The Balaban J connectivity index is 1.46. The van der Waals surface area contributed by atoms with Gasteiger partial charge in [-0.2, -0.15) is 4.98 Å². The van der Waals surface area contributed by atoms with Gasteiger partial charge in [0.2, 0.25) is 0 Å². The molecule has 38 heavy (non-hydrogen) atoms. The van der Waals surface area contributed by atoms with Gasteiger partial charge in [-0.25, -0.2) is 18.4 Å². The fraction of sp³-hybridized carbons (Fsp3) is 0.222. The van der Waals surface area contributed by atoms with Gasteiger partial charge in [0, 0.05) is 35.5 Å². The summed E-state index contributed by atoms with van der Waals surface area (Å²) in [5.74, 6) is 0.305. The summed E-state index contributed by atoms with van der Waals surface area (Å²) < 4.78 is 30.5. The number of pyridine rings is 1. The van der Waals surface area contributed by atoms with Crippen molar-refractivity contribution in [1.82, 2.24) is 30.4 Å². The average molecular weight is 531 g/mol. The number of aromatic amines is 1. The summed E-state index contributed by atoms with van der Waals surface area (Å²) in [5.41, 5.74) is 3.60. The summed E-state index contributed by atoms with van der Waals surface area (Å²) in [4.78, 5) is 29.1. The Morgan fingerprint density at radius 1 is 1.03 bits per heavy atom. The van der Waals surface area contributed by atoms with Crippen LogP contribution in [0.3, 0.4) is 0 Å². The molecule has 5 aromatic rings. The van der Waals surface area contributed by atoms with Crippen molar-refractivity contribution in [2.45, 2.75) is 37.6 Å². The Labute approximate surface area is 219 Å². The number of sulfone groups is 1. The molecule has 0 aliphatic carbocycles. The van der Waals surface area contributed by atoms with Crippen molar-refractivity contribution in [3.63, 3.8) is 0 Å². The van der Waals surface area contributed by atoms with Crippen LogP contribution < -0.4 is 5.32 Å². The third-order valence-electron chi connectivity index (χ3n) is 5.95. The number of fused-ring (bicyclic) bond motifs is 1. The van der Waals surface area contributed by atoms with Crippen molar-refractivity contribution in [1.29, 1.82) is 0 Å². The molecule has 2 N–H and O–H groups in total. The first kappa shape index (κ1) is 25.3. The molecular weight excluding hydrogens is 504 g/mol. The molecule has 0 unspecified atom stereocenters. The highest BCUT2D eigenvalue weighted by atomic mass is 32.2. The minimum absolute atomic E-state index is 0.0390. The van der Waals surface area contributed by atoms with E-state index in [2.05, 4.69) is 30.4 Å². The highest BCUT2D eigenvalue weighted by Gasteiger charge is 2.24. The number of carbonyl (C=O) groups excluding carboxylic acids is 1. The number of H-pyrrole nitrogens is 1. The maximum Gasteiger partial charge on any atom is 0.315 e. The number of hydrogen-bond acceptors (Lipinski definition) is 8. The zero-order valence-corrected chi connectivity index (χ0v) is 22.1. The van der Waals surface area contributed by atoms with E-state index in [0.29, 0.717) is 33.9 Å². The van der Waals surface area contributed by atoms with Gasteiger partial charge < -0.3 is 14.8 Å². The Kier molecular flexibility index (Phi) is 6.31. The SMILES string of the molecule is CC(C)(C)c1noc(C(=O)NCc2ccc(-c3ccnc4nc(-c5ccccc5)[nH]c34)cc2S(C)(=O)=O)n1. The number of carbonyl (C=O) groups is 1. The van der Waals surface area contributed by atoms with Crippen LogP contribution in [-0.4, -0.2) is 45.7 Å². The van der Waals surface area contributed by atoms with Crippen molar-refractivity contribution < 1.29 is 17.7 Å². The van der Waals surface area contributed by atoms with Crippen LogP contribution in [0.5, 0.6) is 0 Å². The third kappa shape index (κ3) is 5.05. The first-order valence-corrected chi connectivity index (χ1v) is 13.8. The summed E-state index contributed by atoms with van der Waals surface area (Å²) in [7, 11) is -3.63. The van der Waals surface area contributed by atoms with Crippen molar-refractivity contribution >= 4 is 26.9 Å². The second kappa shape index (κ2) is 9.49. The van der Waals surface area contributed by atoms with Gasteiger partial charge >= 0.3 is 11.8 Å². The van der Waals surface area contributed by atoms with Gasteiger partial charge in [-0.15, -0.1) is 0 Å². The molecule has 3 heterocycles. The second-order valence-electron chi connectivity index (χ2n) is 9.96. The highest BCUT2D eigenvalue weighted by molar-refractivity contribution is 7.90. The molecule has 5 rings (SSSR count). The van der Waals surface area contributed by atoms with E-state index < -0.39 is 15.7 Å². The maximum absolute atomic E-state index is 12.7. The maximum atomic E-state index is 12.7. The third-order valence-corrected chi connectivity index (χ3v) is 7.13. The van der Waals surface area contributed by atoms with Gasteiger partial charge in [0.15, 0.2) is 21.3 Å². The number of nitrogens with zero attached hydrogens (tertiary/aromatic N) is 4. The van der Waals surface area contributed by atoms with Gasteiger partial charge in [-0.05, 0) is 23.3 Å². The topological polar surface area (TPSA) is 144 Å². The molecule has 3 aromatic heterocycles. The minimum Gasteiger partial charge on any atom is -0.344 e. The van der Waals surface area contributed by atoms with Crippen LogP contribution in [0.15, 0.2) is 70.2 Å². The summed E-state index contributed by atoms with van der Waals surface area (Å²) in [5, 5.41) is 6.53. The lowest BCUT2D eigenvalue weighted by Crippen LogP contribution is -2.24. The lowest BCUT2D eigenvalue weighted by atomic mass is 9.96. The fourth-order valence-electron chi connectivity index (χ4n) is 3.97. The molecule has 1 amide bonds. The van der Waals surface area contributed by atoms with Crippen LogP contribution in [-0.2, 0) is 21.8 Å². The lowest BCUT2D eigenvalue weighted by Gasteiger charge is -2.12. The van der Waals surface area contributed by atoms with Gasteiger partial charge in [0.1, 0.15) is 5.82 Å². The van der Waals surface area contributed by atoms with Gasteiger partial charge in [0.05, 0.1) is 10.4 Å². The first-order chi connectivity index (χ1) is 18.0. The van der Waals surface area contributed by atoms with E-state index in [1.165, 1.54) is 0 Å². The van der Waals surface area contributed by atoms with E-state index in [0.717, 1.165) is 17.4 Å². The molecule has 0 fully saturated rings. The molecule has 0 aliphatic rings. The van der Waals surface area contributed by atoms with Crippen LogP contribution >= 0.6 is 0 Å². The van der Waals surface area contributed by atoms with Gasteiger partial charge in [-0.1, -0.05) is 68.4 Å². The molecule has 11 heteroatoms. The molecule has 0 atom stereocenters. The number of imidazole rings is 1. The molecule has 0 radical (unpaired) electrons. The predicted octanol–water partition coefficient (Wildman–Crippen LogP) is 4.31. The Bertz CT molecular complexity index is 1750. The Hall–Kier alpha value is -4.38. The smallest absolute Gasteiger partial charge is 0.315 e. The van der Waals surface area contributed by atoms with Crippen LogP contribution in [0.25, 0.3) is 33.7 Å². The van der Waals surface area contributed by atoms with E-state index in [-0.39, 0.29) is 22.7 Å². The quantitative estimate of drug-likeness (QED) is 0.331. The fourth-order valence-corrected chi connectivity index (χ4v) is 4.93. The molecule has 0 spiro atoms. The van der Waals surface area contributed by atoms with Crippen molar-refractivity contribution in [2.24, 2.45) is 0 Å². The highest BCUT2D eigenvalue weighted by Crippen LogP contribution is 2.31. The number of benzene rings is 2. The number of nitrogens with one attached hydrogen (secondary N) is 2. The van der Waals surface area contributed by atoms with Crippen LogP contribution in [0.2, 0.25) is 0 Å². The molecule has 0 saturated carbocycles. The standard InChI is InChI=1S/C27H26N6O4S/c1-27(2,3)26-32-25(37-33-26)24(34)29-15-18-11-10-17(14-20(18)38(4,35)36)19-12-13-28-23-21(19)30-22(31-23)16-8-6-5-7-9-16/h5-14H,15H2,1-4H3,(H,29,34)(H,28,30,31). The zero-order valence-electron chi connectivity index (χ0n) is 21.3. The summed E-state index contributed by atoms with van der Waals surface area (Å²) in [6, 6.07) is 16.6. The molecule has 0 saturated heterocycles. The van der Waals surface area contributed by atoms with Crippen molar-refractivity contribution in [2.75, 3.05) is 6.26 Å². The van der Waals surface area contributed by atoms with Crippen LogP contribution in [0, 0.1) is 0 Å². The molecule has 194 valence electrons. The number of hydrogen-bond donors (Lipinski definition) is 2. The minimum atomic E-state index is -3.63. The number of amides is 1. The Morgan fingerprint density at radius 2 is 1.79 bits per heavy atom. The first-order valence-electron chi connectivity index (χ1n) is 11.9. The largest absolute Gasteiger partial charge is 0.344 e. The average Bonchev–Trinajstić information content (AvgIpc) is 3.55. The monoisotopic (exact) mass is 530 g/mol. The molecule has 2 aromatic carbocycles. The van der Waals surface area contributed by atoms with E-state index in [1.54, 1.807) is 30.5 Å². The zero-order chi connectivity index (χ0) is 27.1. The van der Waals surface area contributed by atoms with Crippen LogP contribution in [0.1, 0.15) is 42.8 Å². The molecule has 0 aliphatic heterocycles. The molecule has 10 nitrogen and oxygen atoms in total. The van der Waals surface area contributed by atoms with Gasteiger partial charge in [-0.3, -0.25) is 4.79 Å². The summed E-state index contributed by atoms with van der Waals surface area (Å²) in [6.07, 6.45) is 2.77. The molecule has 0 bridgehead atoms. The van der Waals surface area contributed by atoms with Crippen molar-refractivity contribution in [3.8, 4) is 22.5 Å². The number of aromatic nitrogens is 5. The lowest BCUT2D eigenvalue weighted by molar-refractivity contribution is 0.0906. The number of rotatable bonds is 6. The van der Waals surface area contributed by atoms with E-state index in [4.69, 9.17) is 4.52 Å². The Morgan fingerprint density at radius 3 is 2.47 bits per heavy atom. The van der Waals surface area contributed by atoms with Gasteiger partial charge in [0.25, 0.3) is 0 Å².